The molecule has 94 valence electrons. The fourth-order valence-corrected chi connectivity index (χ4v) is 2.35. The van der Waals surface area contributed by atoms with E-state index in [1.165, 1.54) is 12.8 Å². The van der Waals surface area contributed by atoms with Crippen LogP contribution in [0.5, 0.6) is 0 Å². The van der Waals surface area contributed by atoms with Crippen LogP contribution in [0.1, 0.15) is 36.7 Å². The van der Waals surface area contributed by atoms with E-state index in [0.717, 1.165) is 31.7 Å². The molecule has 0 aromatic carbocycles. The van der Waals surface area contributed by atoms with Crippen molar-refractivity contribution in [3.8, 4) is 0 Å². The molecule has 1 aliphatic heterocycles. The summed E-state index contributed by atoms with van der Waals surface area (Å²) >= 11 is 0. The smallest absolute Gasteiger partial charge is 0.267 e. The number of carbonyl (C=O) groups is 1. The number of hydrogen-bond acceptors (Lipinski definition) is 2. The lowest BCUT2D eigenvalue weighted by Gasteiger charge is -2.11. The lowest BCUT2D eigenvalue weighted by Crippen LogP contribution is -2.31. The Bertz CT molecular complexity index is 366. The van der Waals surface area contributed by atoms with Crippen LogP contribution in [0, 0.1) is 0 Å². The third-order valence-electron chi connectivity index (χ3n) is 3.34. The van der Waals surface area contributed by atoms with Crippen molar-refractivity contribution >= 4 is 5.91 Å². The Hall–Kier alpha value is -1.29. The predicted octanol–water partition coefficient (Wildman–Crippen LogP) is 1.38. The molecule has 2 rings (SSSR count). The first-order valence-corrected chi connectivity index (χ1v) is 6.48. The Morgan fingerprint density at radius 1 is 1.65 bits per heavy atom. The normalized spacial score (nSPS) is 19.5. The van der Waals surface area contributed by atoms with Crippen LogP contribution in [0.2, 0.25) is 0 Å². The van der Waals surface area contributed by atoms with Gasteiger partial charge in [0.25, 0.3) is 5.91 Å². The van der Waals surface area contributed by atoms with E-state index < -0.39 is 0 Å². The molecule has 1 fully saturated rings. The Morgan fingerprint density at radius 3 is 3.24 bits per heavy atom. The van der Waals surface area contributed by atoms with Gasteiger partial charge in [-0.25, -0.2) is 0 Å². The third kappa shape index (κ3) is 3.09. The molecule has 1 amide bonds. The minimum atomic E-state index is 0.0369. The highest BCUT2D eigenvalue weighted by Gasteiger charge is 2.14. The van der Waals surface area contributed by atoms with Crippen LogP contribution in [-0.2, 0) is 6.54 Å². The second-order valence-electron chi connectivity index (χ2n) is 4.52. The SMILES string of the molecule is CCn1cccc1C(=O)NCCC1CCCN1. The molecule has 0 bridgehead atoms. The highest BCUT2D eigenvalue weighted by atomic mass is 16.1. The summed E-state index contributed by atoms with van der Waals surface area (Å²) < 4.78 is 1.96. The summed E-state index contributed by atoms with van der Waals surface area (Å²) in [5.41, 5.74) is 0.756. The summed E-state index contributed by atoms with van der Waals surface area (Å²) in [6, 6.07) is 4.37. The standard InChI is InChI=1S/C13H21N3O/c1-2-16-10-4-6-12(16)13(17)15-9-7-11-5-3-8-14-11/h4,6,10-11,14H,2-3,5,7-9H2,1H3,(H,15,17). The third-order valence-corrected chi connectivity index (χ3v) is 3.34. The van der Waals surface area contributed by atoms with E-state index in [9.17, 15) is 4.79 Å². The van der Waals surface area contributed by atoms with E-state index in [-0.39, 0.29) is 5.91 Å². The maximum Gasteiger partial charge on any atom is 0.267 e. The average Bonchev–Trinajstić information content (AvgIpc) is 2.99. The van der Waals surface area contributed by atoms with E-state index >= 15 is 0 Å². The van der Waals surface area contributed by atoms with Crippen LogP contribution in [-0.4, -0.2) is 29.6 Å². The molecule has 1 aromatic heterocycles. The first-order valence-electron chi connectivity index (χ1n) is 6.48. The monoisotopic (exact) mass is 235 g/mol. The van der Waals surface area contributed by atoms with Crippen molar-refractivity contribution in [2.45, 2.75) is 38.8 Å². The van der Waals surface area contributed by atoms with Crippen LogP contribution < -0.4 is 10.6 Å². The summed E-state index contributed by atoms with van der Waals surface area (Å²) in [6.45, 7) is 4.75. The van der Waals surface area contributed by atoms with Crippen molar-refractivity contribution in [2.24, 2.45) is 0 Å². The molecule has 4 heteroatoms. The van der Waals surface area contributed by atoms with Gasteiger partial charge in [0.15, 0.2) is 0 Å². The Labute approximate surface area is 102 Å². The first kappa shape index (κ1) is 12.2. The second kappa shape index (κ2) is 5.87. The van der Waals surface area contributed by atoms with Gasteiger partial charge in [-0.2, -0.15) is 0 Å². The van der Waals surface area contributed by atoms with E-state index in [1.807, 2.05) is 29.8 Å². The van der Waals surface area contributed by atoms with Crippen molar-refractivity contribution in [3.05, 3.63) is 24.0 Å². The van der Waals surface area contributed by atoms with Crippen molar-refractivity contribution < 1.29 is 4.79 Å². The molecule has 17 heavy (non-hydrogen) atoms. The lowest BCUT2D eigenvalue weighted by molar-refractivity contribution is 0.0943. The van der Waals surface area contributed by atoms with E-state index in [4.69, 9.17) is 0 Å². The van der Waals surface area contributed by atoms with E-state index in [0.29, 0.717) is 6.04 Å². The topological polar surface area (TPSA) is 46.1 Å². The molecule has 0 saturated carbocycles. The van der Waals surface area contributed by atoms with Gasteiger partial charge in [-0.1, -0.05) is 0 Å². The maximum atomic E-state index is 11.9. The summed E-state index contributed by atoms with van der Waals surface area (Å²) in [6.07, 6.45) is 5.46. The largest absolute Gasteiger partial charge is 0.351 e. The van der Waals surface area contributed by atoms with Gasteiger partial charge in [-0.05, 0) is 44.9 Å². The molecule has 0 spiro atoms. The molecule has 2 heterocycles. The number of nitrogens with one attached hydrogen (secondary N) is 2. The average molecular weight is 235 g/mol. The van der Waals surface area contributed by atoms with Crippen molar-refractivity contribution in [1.29, 1.82) is 0 Å². The second-order valence-corrected chi connectivity index (χ2v) is 4.52. The molecule has 1 saturated heterocycles. The number of aryl methyl sites for hydroxylation is 1. The van der Waals surface area contributed by atoms with E-state index in [1.54, 1.807) is 0 Å². The Kier molecular flexibility index (Phi) is 4.20. The van der Waals surface area contributed by atoms with Crippen molar-refractivity contribution in [2.75, 3.05) is 13.1 Å². The zero-order valence-electron chi connectivity index (χ0n) is 10.4. The van der Waals surface area contributed by atoms with Crippen LogP contribution in [0.3, 0.4) is 0 Å². The molecule has 1 aromatic rings. The molecule has 1 atom stereocenters. The van der Waals surface area contributed by atoms with Crippen LogP contribution in [0.25, 0.3) is 0 Å². The van der Waals surface area contributed by atoms with Gasteiger partial charge in [-0.15, -0.1) is 0 Å². The predicted molar refractivity (Wildman–Crippen MR) is 68.1 cm³/mol. The number of carbonyl (C=O) groups excluding carboxylic acids is 1. The molecular formula is C13H21N3O. The quantitative estimate of drug-likeness (QED) is 0.810. The van der Waals surface area contributed by atoms with E-state index in [2.05, 4.69) is 10.6 Å². The summed E-state index contributed by atoms with van der Waals surface area (Å²) in [5, 5.41) is 6.42. The van der Waals surface area contributed by atoms with Gasteiger partial charge in [0.1, 0.15) is 5.69 Å². The highest BCUT2D eigenvalue weighted by molar-refractivity contribution is 5.92. The zero-order valence-corrected chi connectivity index (χ0v) is 10.4. The molecule has 2 N–H and O–H groups in total. The van der Waals surface area contributed by atoms with Crippen molar-refractivity contribution in [3.63, 3.8) is 0 Å². The molecule has 1 aliphatic rings. The summed E-state index contributed by atoms with van der Waals surface area (Å²) in [7, 11) is 0. The zero-order chi connectivity index (χ0) is 12.1. The fourth-order valence-electron chi connectivity index (χ4n) is 2.35. The number of aromatic nitrogens is 1. The molecule has 4 nitrogen and oxygen atoms in total. The highest BCUT2D eigenvalue weighted by Crippen LogP contribution is 2.08. The minimum absolute atomic E-state index is 0.0369. The lowest BCUT2D eigenvalue weighted by atomic mass is 10.1. The number of amides is 1. The van der Waals surface area contributed by atoms with Gasteiger partial charge >= 0.3 is 0 Å². The molecule has 0 radical (unpaired) electrons. The molecular weight excluding hydrogens is 214 g/mol. The number of nitrogens with zero attached hydrogens (tertiary/aromatic N) is 1. The van der Waals surface area contributed by atoms with Gasteiger partial charge in [-0.3, -0.25) is 4.79 Å². The summed E-state index contributed by atoms with van der Waals surface area (Å²) in [5.74, 6) is 0.0369. The fraction of sp³-hybridized carbons (Fsp3) is 0.615. The number of hydrogen-bond donors (Lipinski definition) is 2. The Balaban J connectivity index is 1.77. The summed E-state index contributed by atoms with van der Waals surface area (Å²) in [4.78, 5) is 11.9. The van der Waals surface area contributed by atoms with Crippen molar-refractivity contribution in [1.82, 2.24) is 15.2 Å². The van der Waals surface area contributed by atoms with Crippen LogP contribution >= 0.6 is 0 Å². The van der Waals surface area contributed by atoms with Gasteiger partial charge < -0.3 is 15.2 Å². The maximum absolute atomic E-state index is 11.9. The molecule has 0 aliphatic carbocycles. The van der Waals surface area contributed by atoms with Gasteiger partial charge in [0, 0.05) is 25.3 Å². The molecule has 1 unspecified atom stereocenters. The number of rotatable bonds is 5. The first-order chi connectivity index (χ1) is 8.31. The van der Waals surface area contributed by atoms with Crippen LogP contribution in [0.4, 0.5) is 0 Å². The van der Waals surface area contributed by atoms with Gasteiger partial charge in [0.05, 0.1) is 0 Å². The Morgan fingerprint density at radius 2 is 2.53 bits per heavy atom. The minimum Gasteiger partial charge on any atom is -0.351 e. The van der Waals surface area contributed by atoms with Crippen LogP contribution in [0.15, 0.2) is 18.3 Å². The van der Waals surface area contributed by atoms with Gasteiger partial charge in [0.2, 0.25) is 0 Å².